The van der Waals surface area contributed by atoms with E-state index in [1.165, 1.54) is 54.1 Å². The van der Waals surface area contributed by atoms with Gasteiger partial charge in [0.1, 0.15) is 0 Å². The predicted molar refractivity (Wildman–Crippen MR) is 86.6 cm³/mol. The number of hydrogen-bond donors (Lipinski definition) is 1. The lowest BCUT2D eigenvalue weighted by atomic mass is 9.53. The van der Waals surface area contributed by atoms with Crippen molar-refractivity contribution in [2.45, 2.75) is 57.5 Å². The topological polar surface area (TPSA) is 12.0 Å². The van der Waals surface area contributed by atoms with Gasteiger partial charge in [0.25, 0.3) is 0 Å². The highest BCUT2D eigenvalue weighted by atomic mass is 79.9. The van der Waals surface area contributed by atoms with Crippen LogP contribution in [0.2, 0.25) is 0 Å². The van der Waals surface area contributed by atoms with Gasteiger partial charge in [-0.3, -0.25) is 0 Å². The molecule has 0 radical (unpaired) electrons. The highest BCUT2D eigenvalue weighted by molar-refractivity contribution is 9.10. The Morgan fingerprint density at radius 2 is 1.70 bits per heavy atom. The lowest BCUT2D eigenvalue weighted by Gasteiger charge is -2.57. The minimum atomic E-state index is 0.482. The van der Waals surface area contributed by atoms with Gasteiger partial charge in [-0.25, -0.2) is 0 Å². The minimum absolute atomic E-state index is 0.482. The molecule has 1 aromatic rings. The molecular weight excluding hydrogens is 310 g/mol. The molecule has 20 heavy (non-hydrogen) atoms. The fraction of sp³-hybridized carbons (Fsp3) is 0.667. The zero-order chi connectivity index (χ0) is 13.7. The Bertz CT molecular complexity index is 487. The van der Waals surface area contributed by atoms with Crippen LogP contribution in [0.3, 0.4) is 0 Å². The molecule has 0 aliphatic heterocycles. The maximum Gasteiger partial charge on any atom is 0.0210 e. The van der Waals surface area contributed by atoms with Crippen molar-refractivity contribution in [3.63, 3.8) is 0 Å². The molecule has 4 bridgehead atoms. The Morgan fingerprint density at radius 1 is 1.10 bits per heavy atom. The van der Waals surface area contributed by atoms with E-state index in [1.807, 2.05) is 0 Å². The summed E-state index contributed by atoms with van der Waals surface area (Å²) in [6, 6.07) is 6.76. The highest BCUT2D eigenvalue weighted by Gasteiger charge is 2.50. The quantitative estimate of drug-likeness (QED) is 0.836. The second kappa shape index (κ2) is 4.84. The standard InChI is InChI=1S/C18H24BrN/c1-12-4-13(2-3-17(12)19)11-20-18-8-14-5-15(9-18)7-16(6-14)10-18/h2-4,14-16,20H,5-11H2,1H3. The molecule has 1 nitrogen and oxygen atoms in total. The molecule has 4 aliphatic rings. The summed E-state index contributed by atoms with van der Waals surface area (Å²) in [5, 5.41) is 3.97. The third kappa shape index (κ3) is 2.35. The summed E-state index contributed by atoms with van der Waals surface area (Å²) < 4.78 is 1.22. The second-order valence-electron chi connectivity index (χ2n) is 7.63. The molecule has 0 spiro atoms. The van der Waals surface area contributed by atoms with E-state index in [4.69, 9.17) is 0 Å². The monoisotopic (exact) mass is 333 g/mol. The van der Waals surface area contributed by atoms with E-state index >= 15 is 0 Å². The van der Waals surface area contributed by atoms with Gasteiger partial charge < -0.3 is 5.32 Å². The first-order valence-electron chi connectivity index (χ1n) is 8.12. The van der Waals surface area contributed by atoms with E-state index in [-0.39, 0.29) is 0 Å². The van der Waals surface area contributed by atoms with Gasteiger partial charge in [0.2, 0.25) is 0 Å². The van der Waals surface area contributed by atoms with Crippen molar-refractivity contribution in [2.75, 3.05) is 0 Å². The van der Waals surface area contributed by atoms with Crippen molar-refractivity contribution in [1.82, 2.24) is 5.32 Å². The van der Waals surface area contributed by atoms with E-state index in [9.17, 15) is 0 Å². The number of hydrogen-bond acceptors (Lipinski definition) is 1. The average molecular weight is 334 g/mol. The van der Waals surface area contributed by atoms with Gasteiger partial charge in [0.05, 0.1) is 0 Å². The van der Waals surface area contributed by atoms with Crippen molar-refractivity contribution in [3.05, 3.63) is 33.8 Å². The van der Waals surface area contributed by atoms with Crippen LogP contribution in [0, 0.1) is 24.7 Å². The summed E-state index contributed by atoms with van der Waals surface area (Å²) in [7, 11) is 0. The third-order valence-electron chi connectivity index (χ3n) is 5.93. The number of benzene rings is 1. The molecule has 0 unspecified atom stereocenters. The lowest BCUT2D eigenvalue weighted by molar-refractivity contribution is -0.0206. The van der Waals surface area contributed by atoms with Crippen LogP contribution in [0.15, 0.2) is 22.7 Å². The van der Waals surface area contributed by atoms with E-state index < -0.39 is 0 Å². The summed E-state index contributed by atoms with van der Waals surface area (Å²) >= 11 is 3.59. The van der Waals surface area contributed by atoms with Crippen LogP contribution < -0.4 is 5.32 Å². The summed E-state index contributed by atoms with van der Waals surface area (Å²) in [6.07, 6.45) is 8.90. The maximum atomic E-state index is 3.97. The molecule has 5 rings (SSSR count). The van der Waals surface area contributed by atoms with Crippen molar-refractivity contribution in [3.8, 4) is 0 Å². The first-order chi connectivity index (χ1) is 9.62. The average Bonchev–Trinajstić information content (AvgIpc) is 2.39. The zero-order valence-corrected chi connectivity index (χ0v) is 13.9. The van der Waals surface area contributed by atoms with Gasteiger partial charge in [0.15, 0.2) is 0 Å². The summed E-state index contributed by atoms with van der Waals surface area (Å²) in [5.74, 6) is 3.08. The highest BCUT2D eigenvalue weighted by Crippen LogP contribution is 2.55. The van der Waals surface area contributed by atoms with Crippen molar-refractivity contribution in [2.24, 2.45) is 17.8 Å². The van der Waals surface area contributed by atoms with Crippen LogP contribution in [0.25, 0.3) is 0 Å². The zero-order valence-electron chi connectivity index (χ0n) is 12.3. The smallest absolute Gasteiger partial charge is 0.0210 e. The van der Waals surface area contributed by atoms with Crippen LogP contribution in [0.4, 0.5) is 0 Å². The first kappa shape index (κ1) is 13.3. The first-order valence-corrected chi connectivity index (χ1v) is 8.91. The summed E-state index contributed by atoms with van der Waals surface area (Å²) in [6.45, 7) is 3.22. The van der Waals surface area contributed by atoms with E-state index in [2.05, 4.69) is 46.4 Å². The molecule has 4 aliphatic carbocycles. The largest absolute Gasteiger partial charge is 0.307 e. The molecule has 0 aromatic heterocycles. The van der Waals surface area contributed by atoms with E-state index in [0.717, 1.165) is 24.3 Å². The van der Waals surface area contributed by atoms with Crippen LogP contribution >= 0.6 is 15.9 Å². The fourth-order valence-corrected chi connectivity index (χ4v) is 5.68. The molecule has 108 valence electrons. The number of aryl methyl sites for hydroxylation is 1. The van der Waals surface area contributed by atoms with Crippen molar-refractivity contribution < 1.29 is 0 Å². The normalized spacial score (nSPS) is 38.4. The number of nitrogens with one attached hydrogen (secondary N) is 1. The van der Waals surface area contributed by atoms with Crippen LogP contribution in [-0.4, -0.2) is 5.54 Å². The summed E-state index contributed by atoms with van der Waals surface area (Å²) in [4.78, 5) is 0. The van der Waals surface area contributed by atoms with Gasteiger partial charge in [0, 0.05) is 16.6 Å². The Hall–Kier alpha value is -0.340. The lowest BCUT2D eigenvalue weighted by Crippen LogP contribution is -2.58. The Morgan fingerprint density at radius 3 is 2.25 bits per heavy atom. The second-order valence-corrected chi connectivity index (χ2v) is 8.49. The number of rotatable bonds is 3. The maximum absolute atomic E-state index is 3.97. The molecule has 4 fully saturated rings. The molecule has 2 heteroatoms. The molecule has 1 aromatic carbocycles. The molecule has 0 amide bonds. The van der Waals surface area contributed by atoms with Gasteiger partial charge in [-0.05, 0) is 80.4 Å². The molecule has 1 N–H and O–H groups in total. The van der Waals surface area contributed by atoms with Gasteiger partial charge in [-0.2, -0.15) is 0 Å². The minimum Gasteiger partial charge on any atom is -0.307 e. The third-order valence-corrected chi connectivity index (χ3v) is 6.82. The fourth-order valence-electron chi connectivity index (χ4n) is 5.43. The number of halogens is 1. The van der Waals surface area contributed by atoms with Gasteiger partial charge in [-0.1, -0.05) is 28.1 Å². The van der Waals surface area contributed by atoms with E-state index in [0.29, 0.717) is 5.54 Å². The molecule has 0 saturated heterocycles. The molecular formula is C18H24BrN. The molecule has 0 heterocycles. The van der Waals surface area contributed by atoms with Crippen LogP contribution in [-0.2, 0) is 6.54 Å². The van der Waals surface area contributed by atoms with Crippen LogP contribution in [0.5, 0.6) is 0 Å². The van der Waals surface area contributed by atoms with Crippen molar-refractivity contribution >= 4 is 15.9 Å². The van der Waals surface area contributed by atoms with Gasteiger partial charge in [-0.15, -0.1) is 0 Å². The van der Waals surface area contributed by atoms with Crippen molar-refractivity contribution in [1.29, 1.82) is 0 Å². The Balaban J connectivity index is 1.47. The Kier molecular flexibility index (Phi) is 3.23. The predicted octanol–water partition coefficient (Wildman–Crippen LogP) is 4.82. The van der Waals surface area contributed by atoms with Crippen LogP contribution in [0.1, 0.15) is 49.7 Å². The summed E-state index contributed by atoms with van der Waals surface area (Å²) in [5.41, 5.74) is 3.26. The SMILES string of the molecule is Cc1cc(CNC23CC4CC(CC(C4)C2)C3)ccc1Br. The molecule has 4 saturated carbocycles. The van der Waals surface area contributed by atoms with E-state index in [1.54, 1.807) is 0 Å². The molecule has 0 atom stereocenters. The Labute approximate surface area is 130 Å². The van der Waals surface area contributed by atoms with Gasteiger partial charge >= 0.3 is 0 Å².